The summed E-state index contributed by atoms with van der Waals surface area (Å²) >= 11 is 0. The Morgan fingerprint density at radius 3 is 2.44 bits per heavy atom. The highest BCUT2D eigenvalue weighted by Gasteiger charge is 2.21. The number of aryl methyl sites for hydroxylation is 1. The third-order valence-corrected chi connectivity index (χ3v) is 5.04. The number of amides is 1. The Bertz CT molecular complexity index is 1050. The minimum absolute atomic E-state index is 0.115. The van der Waals surface area contributed by atoms with Crippen LogP contribution in [0.3, 0.4) is 0 Å². The number of benzene rings is 2. The Labute approximate surface area is 156 Å². The van der Waals surface area contributed by atoms with Crippen molar-refractivity contribution in [3.63, 3.8) is 0 Å². The summed E-state index contributed by atoms with van der Waals surface area (Å²) in [7, 11) is -2.58. The monoisotopic (exact) mass is 387 g/mol. The van der Waals surface area contributed by atoms with Crippen LogP contribution < -0.4 is 14.8 Å². The fourth-order valence-electron chi connectivity index (χ4n) is 2.32. The molecule has 0 saturated carbocycles. The van der Waals surface area contributed by atoms with Crippen LogP contribution in [0.5, 0.6) is 5.75 Å². The number of hydrogen-bond donors (Lipinski definition) is 2. The summed E-state index contributed by atoms with van der Waals surface area (Å²) in [6.45, 7) is 1.90. The van der Waals surface area contributed by atoms with E-state index in [4.69, 9.17) is 9.15 Å². The van der Waals surface area contributed by atoms with Crippen molar-refractivity contribution in [3.05, 3.63) is 66.4 Å². The third kappa shape index (κ3) is 4.26. The zero-order valence-corrected chi connectivity index (χ0v) is 15.4. The number of anilines is 2. The van der Waals surface area contributed by atoms with Gasteiger partial charge >= 0.3 is 5.91 Å². The number of ether oxygens (including phenoxy) is 1. The fraction of sp³-hybridized carbons (Fsp3) is 0.111. The molecule has 0 aliphatic carbocycles. The molecular weight excluding hydrogens is 370 g/mol. The maximum atomic E-state index is 12.8. The van der Waals surface area contributed by atoms with Crippen LogP contribution in [0.1, 0.15) is 16.2 Å². The van der Waals surface area contributed by atoms with Crippen molar-refractivity contribution in [1.29, 1.82) is 0 Å². The molecule has 140 valence electrons. The van der Waals surface area contributed by atoms with Gasteiger partial charge in [-0.05, 0) is 37.3 Å². The molecule has 0 unspecified atom stereocenters. The predicted molar refractivity (Wildman–Crippen MR) is 99.4 cm³/mol. The number of sulfonamides is 1. The van der Waals surface area contributed by atoms with Crippen LogP contribution in [0, 0.1) is 6.92 Å². The molecule has 2 N–H and O–H groups in total. The van der Waals surface area contributed by atoms with Gasteiger partial charge in [-0.2, -0.15) is 0 Å². The van der Waals surface area contributed by atoms with Crippen molar-refractivity contribution >= 4 is 27.3 Å². The van der Waals surface area contributed by atoms with Crippen LogP contribution in [-0.2, 0) is 10.0 Å². The van der Waals surface area contributed by atoms with Gasteiger partial charge in [-0.1, -0.05) is 17.7 Å². The van der Waals surface area contributed by atoms with E-state index >= 15 is 0 Å². The molecule has 27 heavy (non-hydrogen) atoms. The second kappa shape index (κ2) is 7.50. The van der Waals surface area contributed by atoms with Crippen LogP contribution in [-0.4, -0.2) is 26.4 Å². The van der Waals surface area contributed by atoms with Crippen molar-refractivity contribution < 1.29 is 22.4 Å². The molecule has 3 rings (SSSR count). The summed E-state index contributed by atoms with van der Waals surface area (Å²) in [6.07, 6.45) is 2.61. The zero-order valence-electron chi connectivity index (χ0n) is 14.6. The molecule has 1 amide bonds. The summed E-state index contributed by atoms with van der Waals surface area (Å²) in [4.78, 5) is 15.7. The lowest BCUT2D eigenvalue weighted by Gasteiger charge is -2.13. The molecule has 0 atom stereocenters. The lowest BCUT2D eigenvalue weighted by Crippen LogP contribution is -2.16. The van der Waals surface area contributed by atoms with Gasteiger partial charge in [-0.3, -0.25) is 9.52 Å². The number of hydrogen-bond acceptors (Lipinski definition) is 6. The molecule has 1 aromatic heterocycles. The number of rotatable bonds is 6. The van der Waals surface area contributed by atoms with E-state index in [0.29, 0.717) is 5.69 Å². The Hall–Kier alpha value is -3.33. The smallest absolute Gasteiger partial charge is 0.311 e. The maximum absolute atomic E-state index is 12.8. The number of carbonyl (C=O) groups excluding carboxylic acids is 1. The summed E-state index contributed by atoms with van der Waals surface area (Å²) in [5, 5.41) is 2.54. The molecule has 8 nitrogen and oxygen atoms in total. The topological polar surface area (TPSA) is 111 Å². The van der Waals surface area contributed by atoms with Gasteiger partial charge in [-0.15, -0.1) is 0 Å². The average molecular weight is 387 g/mol. The largest absolute Gasteiger partial charge is 0.495 e. The normalized spacial score (nSPS) is 11.0. The lowest BCUT2D eigenvalue weighted by atomic mass is 10.2. The van der Waals surface area contributed by atoms with Crippen molar-refractivity contribution in [2.75, 3.05) is 17.1 Å². The van der Waals surface area contributed by atoms with Gasteiger partial charge in [0, 0.05) is 11.4 Å². The summed E-state index contributed by atoms with van der Waals surface area (Å²) in [5.41, 5.74) is 1.67. The Morgan fingerprint density at radius 1 is 1.11 bits per heavy atom. The van der Waals surface area contributed by atoms with Crippen LogP contribution in [0.4, 0.5) is 11.4 Å². The first kappa shape index (κ1) is 18.5. The third-order valence-electron chi connectivity index (χ3n) is 3.64. The maximum Gasteiger partial charge on any atom is 0.311 e. The van der Waals surface area contributed by atoms with Gasteiger partial charge in [0.25, 0.3) is 15.9 Å². The van der Waals surface area contributed by atoms with E-state index in [2.05, 4.69) is 15.0 Å². The summed E-state index contributed by atoms with van der Waals surface area (Å²) in [6, 6.07) is 11.2. The number of oxazole rings is 1. The van der Waals surface area contributed by atoms with Crippen molar-refractivity contribution in [3.8, 4) is 5.75 Å². The van der Waals surface area contributed by atoms with E-state index in [1.54, 1.807) is 24.3 Å². The molecule has 3 aromatic rings. The Morgan fingerprint density at radius 2 is 1.81 bits per heavy atom. The molecule has 0 fully saturated rings. The highest BCUT2D eigenvalue weighted by Crippen LogP contribution is 2.29. The molecule has 0 bridgehead atoms. The SMILES string of the molecule is COc1ccc(NC(=O)c2ncco2)cc1S(=O)(=O)Nc1ccc(C)cc1. The highest BCUT2D eigenvalue weighted by atomic mass is 32.2. The molecule has 0 aliphatic rings. The highest BCUT2D eigenvalue weighted by molar-refractivity contribution is 7.92. The molecule has 2 aromatic carbocycles. The summed E-state index contributed by atoms with van der Waals surface area (Å²) in [5.74, 6) is -0.586. The Kier molecular flexibility index (Phi) is 5.13. The number of methoxy groups -OCH3 is 1. The molecule has 9 heteroatoms. The van der Waals surface area contributed by atoms with Gasteiger partial charge in [0.05, 0.1) is 13.3 Å². The quantitative estimate of drug-likeness (QED) is 0.673. The van der Waals surface area contributed by atoms with Crippen LogP contribution in [0.25, 0.3) is 0 Å². The minimum Gasteiger partial charge on any atom is -0.495 e. The molecule has 0 saturated heterocycles. The zero-order chi connectivity index (χ0) is 19.4. The fourth-order valence-corrected chi connectivity index (χ4v) is 3.57. The van der Waals surface area contributed by atoms with Gasteiger partial charge in [0.15, 0.2) is 0 Å². The van der Waals surface area contributed by atoms with E-state index in [1.165, 1.54) is 37.8 Å². The first-order valence-corrected chi connectivity index (χ1v) is 9.36. The van der Waals surface area contributed by atoms with E-state index in [0.717, 1.165) is 5.56 Å². The molecule has 0 radical (unpaired) electrons. The standard InChI is InChI=1S/C18H17N3O5S/c1-12-3-5-13(6-4-12)21-27(23,24)16-11-14(7-8-15(16)25-2)20-17(22)18-19-9-10-26-18/h3-11,21H,1-2H3,(H,20,22). The van der Waals surface area contributed by atoms with E-state index in [9.17, 15) is 13.2 Å². The minimum atomic E-state index is -3.95. The number of carbonyl (C=O) groups is 1. The number of aromatic nitrogens is 1. The van der Waals surface area contributed by atoms with E-state index in [1.807, 2.05) is 6.92 Å². The van der Waals surface area contributed by atoms with E-state index < -0.39 is 15.9 Å². The van der Waals surface area contributed by atoms with Crippen molar-refractivity contribution in [2.24, 2.45) is 0 Å². The molecule has 0 spiro atoms. The van der Waals surface area contributed by atoms with Crippen molar-refractivity contribution in [2.45, 2.75) is 11.8 Å². The first-order chi connectivity index (χ1) is 12.9. The molecule has 1 heterocycles. The van der Waals surface area contributed by atoms with Crippen LogP contribution in [0.2, 0.25) is 0 Å². The number of nitrogens with zero attached hydrogens (tertiary/aromatic N) is 1. The van der Waals surface area contributed by atoms with Gasteiger partial charge in [-0.25, -0.2) is 13.4 Å². The lowest BCUT2D eigenvalue weighted by molar-refractivity contribution is 0.0990. The molecule has 0 aliphatic heterocycles. The average Bonchev–Trinajstić information content (AvgIpc) is 3.18. The Balaban J connectivity index is 1.90. The van der Waals surface area contributed by atoms with Crippen LogP contribution in [0.15, 0.2) is 64.2 Å². The second-order valence-corrected chi connectivity index (χ2v) is 7.28. The molecular formula is C18H17N3O5S. The number of nitrogens with one attached hydrogen (secondary N) is 2. The van der Waals surface area contributed by atoms with E-state index in [-0.39, 0.29) is 22.2 Å². The van der Waals surface area contributed by atoms with Gasteiger partial charge < -0.3 is 14.5 Å². The first-order valence-electron chi connectivity index (χ1n) is 7.87. The predicted octanol–water partition coefficient (Wildman–Crippen LogP) is 3.04. The second-order valence-electron chi connectivity index (χ2n) is 5.63. The van der Waals surface area contributed by atoms with Crippen molar-refractivity contribution in [1.82, 2.24) is 4.98 Å². The van der Waals surface area contributed by atoms with Crippen LogP contribution >= 0.6 is 0 Å². The van der Waals surface area contributed by atoms with Gasteiger partial charge in [0.2, 0.25) is 0 Å². The van der Waals surface area contributed by atoms with Gasteiger partial charge in [0.1, 0.15) is 16.9 Å². The summed E-state index contributed by atoms with van der Waals surface area (Å²) < 4.78 is 38.2.